The first-order chi connectivity index (χ1) is 17.0. The fourth-order valence-electron chi connectivity index (χ4n) is 5.22. The van der Waals surface area contributed by atoms with Crippen molar-refractivity contribution in [3.8, 4) is 22.6 Å². The number of fused-ring (bicyclic) bond motifs is 1. The predicted molar refractivity (Wildman–Crippen MR) is 155 cm³/mol. The molecule has 1 atom stereocenters. The second-order valence-corrected chi connectivity index (χ2v) is 9.84. The number of hydrazine groups is 1. The monoisotopic (exact) mass is 568 g/mol. The van der Waals surface area contributed by atoms with E-state index in [0.717, 1.165) is 60.9 Å². The van der Waals surface area contributed by atoms with Crippen molar-refractivity contribution in [2.75, 3.05) is 25.2 Å². The van der Waals surface area contributed by atoms with Gasteiger partial charge in [-0.1, -0.05) is 62.4 Å². The summed E-state index contributed by atoms with van der Waals surface area (Å²) in [5.41, 5.74) is 3.86. The molecule has 1 aromatic heterocycles. The van der Waals surface area contributed by atoms with Crippen molar-refractivity contribution in [2.45, 2.75) is 57.7 Å². The van der Waals surface area contributed by atoms with Crippen molar-refractivity contribution in [3.05, 3.63) is 48.2 Å². The number of anilines is 1. The highest BCUT2D eigenvalue weighted by atomic mass is 35.5. The number of para-hydroxylation sites is 1. The maximum atomic E-state index is 11.9. The summed E-state index contributed by atoms with van der Waals surface area (Å²) in [6.07, 6.45) is 7.40. The Balaban J connectivity index is 0.00000241. The molecule has 0 radical (unpaired) electrons. The molecule has 10 heteroatoms. The van der Waals surface area contributed by atoms with Gasteiger partial charge in [-0.25, -0.2) is 5.01 Å². The van der Waals surface area contributed by atoms with Crippen LogP contribution in [0.5, 0.6) is 11.5 Å². The summed E-state index contributed by atoms with van der Waals surface area (Å²) in [4.78, 5) is 4.62. The molecule has 1 unspecified atom stereocenters. The second kappa shape index (κ2) is 14.2. The molecule has 1 N–H and O–H groups in total. The van der Waals surface area contributed by atoms with Crippen LogP contribution in [0.15, 0.2) is 42.6 Å². The largest absolute Gasteiger partial charge is 0.772 e. The van der Waals surface area contributed by atoms with E-state index in [1.807, 2.05) is 30.3 Å². The first kappa shape index (κ1) is 31.1. The minimum atomic E-state index is -2.25. The first-order valence-corrected chi connectivity index (χ1v) is 13.6. The Hall–Kier alpha value is -2.10. The van der Waals surface area contributed by atoms with E-state index in [9.17, 15) is 13.9 Å². The topological polar surface area (TPSA) is 89.0 Å². The zero-order valence-corrected chi connectivity index (χ0v) is 24.0. The average Bonchev–Trinajstić information content (AvgIpc) is 2.87. The lowest BCUT2D eigenvalue weighted by molar-refractivity contribution is 0.220. The third-order valence-corrected chi connectivity index (χ3v) is 7.45. The van der Waals surface area contributed by atoms with Crippen LogP contribution in [0.4, 0.5) is 5.69 Å². The number of halogens is 2. The molecule has 0 aliphatic heterocycles. The minimum Gasteiger partial charge on any atom is -0.772 e. The summed E-state index contributed by atoms with van der Waals surface area (Å²) < 4.78 is 29.0. The third kappa shape index (κ3) is 6.67. The van der Waals surface area contributed by atoms with Gasteiger partial charge < -0.3 is 19.4 Å². The molecule has 0 amide bonds. The van der Waals surface area contributed by atoms with Crippen LogP contribution in [-0.2, 0) is 16.8 Å². The molecule has 1 aliphatic carbocycles. The standard InChI is InChI=1S/C27H35N3O4S.2ClH/c1-4-29(5-2)30(21-10-7-6-8-11-21)26-20(18-35(32)33)17-28-24-15-14-19(16-23(24)26)22-12-9-13-25(34-3)27(22)31;;/h9,12-17,21,31H,4-8,10-11,18H2,1-3H3,(H,32,33);2*1H/p-1. The van der Waals surface area contributed by atoms with E-state index in [1.54, 1.807) is 12.3 Å². The Morgan fingerprint density at radius 3 is 2.43 bits per heavy atom. The van der Waals surface area contributed by atoms with E-state index in [1.165, 1.54) is 13.5 Å². The summed E-state index contributed by atoms with van der Waals surface area (Å²) in [6.45, 7) is 5.89. The van der Waals surface area contributed by atoms with E-state index in [4.69, 9.17) is 4.74 Å². The molecule has 3 aromatic rings. The van der Waals surface area contributed by atoms with Crippen LogP contribution in [0.1, 0.15) is 51.5 Å². The maximum absolute atomic E-state index is 11.9. The Labute approximate surface area is 234 Å². The van der Waals surface area contributed by atoms with Crippen LogP contribution < -0.4 is 9.75 Å². The van der Waals surface area contributed by atoms with Gasteiger partial charge in [0.1, 0.15) is 0 Å². The molecule has 1 saturated carbocycles. The Morgan fingerprint density at radius 1 is 1.11 bits per heavy atom. The summed E-state index contributed by atoms with van der Waals surface area (Å²) >= 11 is -2.25. The SMILES string of the molecule is CCN(CC)N(c1c(CS(=O)[O-])cnc2ccc(-c3cccc(OC)c3O)cc12)C1CCCCC1.Cl.Cl. The van der Waals surface area contributed by atoms with Gasteiger partial charge in [-0.15, -0.1) is 24.8 Å². The van der Waals surface area contributed by atoms with E-state index < -0.39 is 11.1 Å². The quantitative estimate of drug-likeness (QED) is 0.241. The zero-order valence-electron chi connectivity index (χ0n) is 21.5. The number of rotatable bonds is 9. The summed E-state index contributed by atoms with van der Waals surface area (Å²) in [7, 11) is 1.53. The molecule has 4 rings (SSSR count). The normalized spacial score (nSPS) is 14.6. The number of aromatic hydroxyl groups is 1. The molecule has 0 saturated heterocycles. The number of pyridine rings is 1. The number of aromatic nitrogens is 1. The average molecular weight is 570 g/mol. The van der Waals surface area contributed by atoms with Crippen molar-refractivity contribution in [2.24, 2.45) is 0 Å². The fraction of sp³-hybridized carbons (Fsp3) is 0.444. The van der Waals surface area contributed by atoms with Crippen molar-refractivity contribution >= 4 is 52.5 Å². The van der Waals surface area contributed by atoms with Crippen LogP contribution in [0.3, 0.4) is 0 Å². The number of nitrogens with zero attached hydrogens (tertiary/aromatic N) is 3. The molecule has 1 aliphatic rings. The van der Waals surface area contributed by atoms with Gasteiger partial charge in [-0.3, -0.25) is 9.19 Å². The van der Waals surface area contributed by atoms with E-state index in [0.29, 0.717) is 22.9 Å². The van der Waals surface area contributed by atoms with Crippen LogP contribution in [0.25, 0.3) is 22.0 Å². The smallest absolute Gasteiger partial charge is 0.165 e. The minimum absolute atomic E-state index is 0. The van der Waals surface area contributed by atoms with Crippen molar-refractivity contribution < 1.29 is 18.6 Å². The van der Waals surface area contributed by atoms with E-state index >= 15 is 0 Å². The number of benzene rings is 2. The highest BCUT2D eigenvalue weighted by Gasteiger charge is 2.29. The highest BCUT2D eigenvalue weighted by Crippen LogP contribution is 2.41. The van der Waals surface area contributed by atoms with E-state index in [-0.39, 0.29) is 36.3 Å². The molecule has 1 heterocycles. The van der Waals surface area contributed by atoms with Crippen LogP contribution >= 0.6 is 24.8 Å². The van der Waals surface area contributed by atoms with Crippen LogP contribution in [0.2, 0.25) is 0 Å². The van der Waals surface area contributed by atoms with Crippen molar-refractivity contribution in [1.29, 1.82) is 0 Å². The Bertz CT molecular complexity index is 1200. The molecule has 0 spiro atoms. The van der Waals surface area contributed by atoms with Crippen LogP contribution in [-0.4, -0.2) is 50.1 Å². The van der Waals surface area contributed by atoms with Crippen LogP contribution in [0, 0.1) is 0 Å². The molecule has 1 fully saturated rings. The Kier molecular flexibility index (Phi) is 11.9. The number of ether oxygens (including phenoxy) is 1. The summed E-state index contributed by atoms with van der Waals surface area (Å²) in [5, 5.41) is 16.3. The van der Waals surface area contributed by atoms with Gasteiger partial charge in [0.15, 0.2) is 11.5 Å². The third-order valence-electron chi connectivity index (χ3n) is 6.90. The van der Waals surface area contributed by atoms with Gasteiger partial charge in [0, 0.05) is 47.6 Å². The summed E-state index contributed by atoms with van der Waals surface area (Å²) in [6, 6.07) is 11.6. The maximum Gasteiger partial charge on any atom is 0.165 e. The van der Waals surface area contributed by atoms with Crippen molar-refractivity contribution in [1.82, 2.24) is 9.99 Å². The predicted octanol–water partition coefficient (Wildman–Crippen LogP) is 6.23. The Morgan fingerprint density at radius 2 is 1.81 bits per heavy atom. The zero-order chi connectivity index (χ0) is 24.9. The molecule has 37 heavy (non-hydrogen) atoms. The molecular weight excluding hydrogens is 533 g/mol. The molecule has 7 nitrogen and oxygen atoms in total. The number of phenols is 1. The molecule has 2 aromatic carbocycles. The number of hydrogen-bond donors (Lipinski definition) is 1. The van der Waals surface area contributed by atoms with Gasteiger partial charge in [0.2, 0.25) is 0 Å². The highest BCUT2D eigenvalue weighted by molar-refractivity contribution is 7.78. The van der Waals surface area contributed by atoms with Gasteiger partial charge >= 0.3 is 0 Å². The lowest BCUT2D eigenvalue weighted by atomic mass is 9.93. The van der Waals surface area contributed by atoms with Gasteiger partial charge in [0.05, 0.1) is 18.3 Å². The first-order valence-electron chi connectivity index (χ1n) is 12.4. The van der Waals surface area contributed by atoms with Gasteiger partial charge in [-0.05, 0) is 36.6 Å². The van der Waals surface area contributed by atoms with Gasteiger partial charge in [0.25, 0.3) is 0 Å². The molecular formula is C27H36Cl2N3O4S-. The second-order valence-electron chi connectivity index (χ2n) is 8.94. The van der Waals surface area contributed by atoms with Gasteiger partial charge in [-0.2, -0.15) is 0 Å². The number of methoxy groups -OCH3 is 1. The lowest BCUT2D eigenvalue weighted by Gasteiger charge is -2.44. The molecule has 204 valence electrons. The fourth-order valence-corrected chi connectivity index (χ4v) is 5.68. The number of hydrogen-bond acceptors (Lipinski definition) is 7. The van der Waals surface area contributed by atoms with Crippen molar-refractivity contribution in [3.63, 3.8) is 0 Å². The lowest BCUT2D eigenvalue weighted by Crippen LogP contribution is -2.50. The summed E-state index contributed by atoms with van der Waals surface area (Å²) in [5.74, 6) is 0.384. The number of phenolic OH excluding ortho intramolecular Hbond substituents is 1. The van der Waals surface area contributed by atoms with E-state index in [2.05, 4.69) is 28.8 Å². The molecule has 0 bridgehead atoms.